The number of rotatable bonds is 1. The molecule has 3 nitrogen and oxygen atoms in total. The molecule has 2 fully saturated rings. The van der Waals surface area contributed by atoms with Crippen molar-refractivity contribution in [3.05, 3.63) is 0 Å². The van der Waals surface area contributed by atoms with Crippen LogP contribution < -0.4 is 5.32 Å². The van der Waals surface area contributed by atoms with E-state index in [0.29, 0.717) is 0 Å². The van der Waals surface area contributed by atoms with Gasteiger partial charge in [0.15, 0.2) is 0 Å². The van der Waals surface area contributed by atoms with Gasteiger partial charge in [0.2, 0.25) is 5.91 Å². The van der Waals surface area contributed by atoms with E-state index < -0.39 is 0 Å². The van der Waals surface area contributed by atoms with E-state index in [1.807, 2.05) is 13.8 Å². The summed E-state index contributed by atoms with van der Waals surface area (Å²) in [7, 11) is 0. The van der Waals surface area contributed by atoms with Gasteiger partial charge in [0, 0.05) is 6.61 Å². The van der Waals surface area contributed by atoms with Gasteiger partial charge in [-0.25, -0.2) is 0 Å². The standard InChI is InChI=1S/C9H15NO2/c1-9(2)7(10-8(9)11)6-4-3-5-12-6/h6-7H,3-5H2,1-2H3,(H,10,11)/t6-,7+/m0/s1. The molecule has 0 radical (unpaired) electrons. The molecule has 0 unspecified atom stereocenters. The lowest BCUT2D eigenvalue weighted by Crippen LogP contribution is -2.68. The minimum absolute atomic E-state index is 0.156. The summed E-state index contributed by atoms with van der Waals surface area (Å²) in [5, 5.41) is 2.91. The second-order valence-corrected chi connectivity index (χ2v) is 4.22. The summed E-state index contributed by atoms with van der Waals surface area (Å²) in [6.07, 6.45) is 2.49. The van der Waals surface area contributed by atoms with Crippen molar-refractivity contribution in [3.63, 3.8) is 0 Å². The first-order chi connectivity index (χ1) is 5.62. The third kappa shape index (κ3) is 0.959. The number of hydrogen-bond acceptors (Lipinski definition) is 2. The first-order valence-electron chi connectivity index (χ1n) is 4.55. The highest BCUT2D eigenvalue weighted by molar-refractivity contribution is 5.89. The third-order valence-electron chi connectivity index (χ3n) is 2.99. The zero-order chi connectivity index (χ0) is 8.77. The summed E-state index contributed by atoms with van der Waals surface area (Å²) in [6, 6.07) is 0.243. The second kappa shape index (κ2) is 2.46. The first-order valence-corrected chi connectivity index (χ1v) is 4.55. The van der Waals surface area contributed by atoms with Crippen LogP contribution in [-0.2, 0) is 9.53 Å². The van der Waals surface area contributed by atoms with Gasteiger partial charge in [-0.3, -0.25) is 4.79 Å². The Kier molecular flexibility index (Phi) is 1.65. The lowest BCUT2D eigenvalue weighted by atomic mass is 9.73. The first kappa shape index (κ1) is 8.05. The number of carbonyl (C=O) groups excluding carboxylic acids is 1. The molecule has 0 saturated carbocycles. The molecule has 2 aliphatic heterocycles. The van der Waals surface area contributed by atoms with E-state index in [1.54, 1.807) is 0 Å². The van der Waals surface area contributed by atoms with Crippen molar-refractivity contribution < 1.29 is 9.53 Å². The molecule has 2 heterocycles. The Morgan fingerprint density at radius 3 is 2.75 bits per heavy atom. The molecule has 2 aliphatic rings. The smallest absolute Gasteiger partial charge is 0.228 e. The number of ether oxygens (including phenoxy) is 1. The number of β-lactam (4-membered cyclic amide) rings is 1. The third-order valence-corrected chi connectivity index (χ3v) is 2.99. The summed E-state index contributed by atoms with van der Waals surface area (Å²) in [5.74, 6) is 0.156. The summed E-state index contributed by atoms with van der Waals surface area (Å²) >= 11 is 0. The molecule has 0 spiro atoms. The van der Waals surface area contributed by atoms with Crippen LogP contribution in [0.5, 0.6) is 0 Å². The van der Waals surface area contributed by atoms with Crippen LogP contribution in [0.15, 0.2) is 0 Å². The fraction of sp³-hybridized carbons (Fsp3) is 0.889. The summed E-state index contributed by atoms with van der Waals surface area (Å²) in [4.78, 5) is 11.2. The van der Waals surface area contributed by atoms with Crippen molar-refractivity contribution in [1.82, 2.24) is 5.32 Å². The monoisotopic (exact) mass is 169 g/mol. The van der Waals surface area contributed by atoms with Crippen molar-refractivity contribution in [3.8, 4) is 0 Å². The molecule has 1 N–H and O–H groups in total. The molecule has 0 aromatic rings. The molecule has 0 aliphatic carbocycles. The van der Waals surface area contributed by atoms with Crippen molar-refractivity contribution in [2.45, 2.75) is 38.8 Å². The van der Waals surface area contributed by atoms with Crippen molar-refractivity contribution in [1.29, 1.82) is 0 Å². The Labute approximate surface area is 72.5 Å². The SMILES string of the molecule is CC1(C)C(=O)N[C@@H]1[C@@H]1CCCO1. The van der Waals surface area contributed by atoms with Gasteiger partial charge in [-0.05, 0) is 26.7 Å². The minimum atomic E-state index is -0.213. The van der Waals surface area contributed by atoms with E-state index >= 15 is 0 Å². The van der Waals surface area contributed by atoms with Gasteiger partial charge in [0.1, 0.15) is 0 Å². The van der Waals surface area contributed by atoms with Gasteiger partial charge in [-0.15, -0.1) is 0 Å². The number of amides is 1. The molecule has 0 aromatic carbocycles. The largest absolute Gasteiger partial charge is 0.376 e. The van der Waals surface area contributed by atoms with Gasteiger partial charge >= 0.3 is 0 Å². The summed E-state index contributed by atoms with van der Waals surface area (Å²) < 4.78 is 5.53. The molecule has 1 amide bonds. The Morgan fingerprint density at radius 1 is 1.58 bits per heavy atom. The van der Waals surface area contributed by atoms with Crippen molar-refractivity contribution in [2.24, 2.45) is 5.41 Å². The van der Waals surface area contributed by atoms with Gasteiger partial charge in [-0.2, -0.15) is 0 Å². The minimum Gasteiger partial charge on any atom is -0.376 e. The quantitative estimate of drug-likeness (QED) is 0.586. The van der Waals surface area contributed by atoms with E-state index in [0.717, 1.165) is 19.4 Å². The molecule has 0 bridgehead atoms. The molecule has 2 atom stereocenters. The molecule has 2 saturated heterocycles. The van der Waals surface area contributed by atoms with Crippen LogP contribution in [0.2, 0.25) is 0 Å². The number of hydrogen-bond donors (Lipinski definition) is 1. The average Bonchev–Trinajstić information content (AvgIpc) is 2.51. The van der Waals surface area contributed by atoms with E-state index in [2.05, 4.69) is 5.32 Å². The molecule has 12 heavy (non-hydrogen) atoms. The van der Waals surface area contributed by atoms with Crippen LogP contribution in [0, 0.1) is 5.41 Å². The van der Waals surface area contributed by atoms with Crippen LogP contribution in [0.3, 0.4) is 0 Å². The van der Waals surface area contributed by atoms with Crippen LogP contribution in [-0.4, -0.2) is 24.7 Å². The highest BCUT2D eigenvalue weighted by atomic mass is 16.5. The van der Waals surface area contributed by atoms with Crippen molar-refractivity contribution >= 4 is 5.91 Å². The Hall–Kier alpha value is -0.570. The molecule has 3 heteroatoms. The van der Waals surface area contributed by atoms with Crippen LogP contribution in [0.25, 0.3) is 0 Å². The summed E-state index contributed by atoms with van der Waals surface area (Å²) in [6.45, 7) is 4.82. The lowest BCUT2D eigenvalue weighted by Gasteiger charge is -2.46. The zero-order valence-corrected chi connectivity index (χ0v) is 7.59. The number of carbonyl (C=O) groups is 1. The maximum absolute atomic E-state index is 11.2. The van der Waals surface area contributed by atoms with E-state index in [9.17, 15) is 4.79 Å². The fourth-order valence-electron chi connectivity index (χ4n) is 1.99. The van der Waals surface area contributed by atoms with Gasteiger partial charge in [-0.1, -0.05) is 0 Å². The molecule has 2 rings (SSSR count). The van der Waals surface area contributed by atoms with Crippen LogP contribution in [0.4, 0.5) is 0 Å². The Bertz CT molecular complexity index is 207. The topological polar surface area (TPSA) is 38.3 Å². The Morgan fingerprint density at radius 2 is 2.33 bits per heavy atom. The zero-order valence-electron chi connectivity index (χ0n) is 7.59. The molecular formula is C9H15NO2. The maximum atomic E-state index is 11.2. The predicted molar refractivity (Wildman–Crippen MR) is 44.7 cm³/mol. The molecule has 68 valence electrons. The number of nitrogens with one attached hydrogen (secondary N) is 1. The van der Waals surface area contributed by atoms with Gasteiger partial charge in [0.05, 0.1) is 17.6 Å². The van der Waals surface area contributed by atoms with Crippen LogP contribution in [0.1, 0.15) is 26.7 Å². The van der Waals surface area contributed by atoms with E-state index in [-0.39, 0.29) is 23.5 Å². The lowest BCUT2D eigenvalue weighted by molar-refractivity contribution is -0.148. The van der Waals surface area contributed by atoms with Gasteiger partial charge in [0.25, 0.3) is 0 Å². The summed E-state index contributed by atoms with van der Waals surface area (Å²) in [5.41, 5.74) is -0.213. The molecule has 0 aromatic heterocycles. The highest BCUT2D eigenvalue weighted by Crippen LogP contribution is 2.35. The Balaban J connectivity index is 2.02. The maximum Gasteiger partial charge on any atom is 0.228 e. The average molecular weight is 169 g/mol. The van der Waals surface area contributed by atoms with Crippen LogP contribution >= 0.6 is 0 Å². The molecular weight excluding hydrogens is 154 g/mol. The predicted octanol–water partition coefficient (Wildman–Crippen LogP) is 0.690. The van der Waals surface area contributed by atoms with Crippen molar-refractivity contribution in [2.75, 3.05) is 6.61 Å². The van der Waals surface area contributed by atoms with E-state index in [1.165, 1.54) is 0 Å². The van der Waals surface area contributed by atoms with E-state index in [4.69, 9.17) is 4.74 Å². The second-order valence-electron chi connectivity index (χ2n) is 4.22. The highest BCUT2D eigenvalue weighted by Gasteiger charge is 2.51. The normalized spacial score (nSPS) is 39.0. The van der Waals surface area contributed by atoms with Gasteiger partial charge < -0.3 is 10.1 Å². The fourth-order valence-corrected chi connectivity index (χ4v) is 1.99.